The number of benzene rings is 1. The summed E-state index contributed by atoms with van der Waals surface area (Å²) in [4.78, 5) is 34.9. The third-order valence-corrected chi connectivity index (χ3v) is 4.23. The maximum absolute atomic E-state index is 12.6. The Bertz CT molecular complexity index is 1090. The third kappa shape index (κ3) is 4.68. The van der Waals surface area contributed by atoms with Crippen LogP contribution < -0.4 is 4.90 Å². The molecular weight excluding hydrogens is 368 g/mol. The van der Waals surface area contributed by atoms with Crippen molar-refractivity contribution in [2.24, 2.45) is 7.05 Å². The van der Waals surface area contributed by atoms with Gasteiger partial charge in [-0.15, -0.1) is 0 Å². The molecule has 0 aliphatic carbocycles. The van der Waals surface area contributed by atoms with Crippen molar-refractivity contribution in [3.8, 4) is 0 Å². The van der Waals surface area contributed by atoms with E-state index in [1.54, 1.807) is 36.0 Å². The maximum Gasteiger partial charge on any atom is 0.414 e. The number of carbonyl (C=O) groups is 2. The minimum atomic E-state index is -0.584. The number of nitrogens with zero attached hydrogens (tertiary/aromatic N) is 4. The Morgan fingerprint density at radius 1 is 1.17 bits per heavy atom. The van der Waals surface area contributed by atoms with Crippen LogP contribution in [0.2, 0.25) is 0 Å². The molecule has 0 saturated heterocycles. The Morgan fingerprint density at radius 2 is 1.90 bits per heavy atom. The van der Waals surface area contributed by atoms with E-state index in [4.69, 9.17) is 4.74 Å². The Morgan fingerprint density at radius 3 is 2.59 bits per heavy atom. The molecule has 1 amide bonds. The SMILES string of the molecule is CN(C(=O)OC(C)(C)C)c1ccnc(/C=C/C(=O)c2nc3ccccc3n2C)c1. The molecule has 7 heteroatoms. The molecule has 0 spiro atoms. The van der Waals surface area contributed by atoms with Crippen LogP contribution in [0.25, 0.3) is 17.1 Å². The van der Waals surface area contributed by atoms with Crippen molar-refractivity contribution in [2.45, 2.75) is 26.4 Å². The van der Waals surface area contributed by atoms with E-state index in [9.17, 15) is 9.59 Å². The highest BCUT2D eigenvalue weighted by atomic mass is 16.6. The molecule has 0 saturated carbocycles. The number of aromatic nitrogens is 3. The summed E-state index contributed by atoms with van der Waals surface area (Å²) in [6, 6.07) is 11.0. The summed E-state index contributed by atoms with van der Waals surface area (Å²) < 4.78 is 7.14. The van der Waals surface area contributed by atoms with Crippen LogP contribution in [0, 0.1) is 0 Å². The van der Waals surface area contributed by atoms with Gasteiger partial charge in [0.05, 0.1) is 22.4 Å². The lowest BCUT2D eigenvalue weighted by Crippen LogP contribution is -2.34. The van der Waals surface area contributed by atoms with Crippen molar-refractivity contribution in [1.29, 1.82) is 0 Å². The Labute approximate surface area is 169 Å². The zero-order valence-corrected chi connectivity index (χ0v) is 17.2. The predicted molar refractivity (Wildman–Crippen MR) is 113 cm³/mol. The molecule has 0 fully saturated rings. The van der Waals surface area contributed by atoms with Gasteiger partial charge in [-0.2, -0.15) is 0 Å². The molecule has 2 heterocycles. The number of anilines is 1. The van der Waals surface area contributed by atoms with Crippen LogP contribution in [0.3, 0.4) is 0 Å². The monoisotopic (exact) mass is 392 g/mol. The number of carbonyl (C=O) groups excluding carboxylic acids is 2. The number of fused-ring (bicyclic) bond motifs is 1. The van der Waals surface area contributed by atoms with E-state index in [2.05, 4.69) is 9.97 Å². The summed E-state index contributed by atoms with van der Waals surface area (Å²) in [5.74, 6) is 0.126. The second kappa shape index (κ2) is 7.87. The standard InChI is InChI=1S/C22H24N4O3/c1-22(2,3)29-21(28)25(4)16-12-13-23-15(14-16)10-11-19(27)20-24-17-8-6-7-9-18(17)26(20)5/h6-14H,1-5H3/b11-10+. The third-order valence-electron chi connectivity index (χ3n) is 4.23. The number of para-hydroxylation sites is 2. The van der Waals surface area contributed by atoms with Gasteiger partial charge < -0.3 is 9.30 Å². The number of allylic oxidation sites excluding steroid dienone is 1. The number of ketones is 1. The molecule has 29 heavy (non-hydrogen) atoms. The second-order valence-electron chi connectivity index (χ2n) is 7.66. The lowest BCUT2D eigenvalue weighted by atomic mass is 10.2. The van der Waals surface area contributed by atoms with Crippen molar-refractivity contribution in [3.05, 3.63) is 60.2 Å². The van der Waals surface area contributed by atoms with Gasteiger partial charge in [-0.25, -0.2) is 9.78 Å². The quantitative estimate of drug-likeness (QED) is 0.490. The molecule has 7 nitrogen and oxygen atoms in total. The largest absolute Gasteiger partial charge is 0.443 e. The Hall–Kier alpha value is -3.48. The van der Waals surface area contributed by atoms with Gasteiger partial charge in [0.25, 0.3) is 0 Å². The number of hydrogen-bond acceptors (Lipinski definition) is 5. The van der Waals surface area contributed by atoms with Crippen LogP contribution >= 0.6 is 0 Å². The highest BCUT2D eigenvalue weighted by molar-refractivity contribution is 6.06. The average molecular weight is 392 g/mol. The maximum atomic E-state index is 12.6. The summed E-state index contributed by atoms with van der Waals surface area (Å²) >= 11 is 0. The average Bonchev–Trinajstić information content (AvgIpc) is 3.01. The van der Waals surface area contributed by atoms with E-state index in [-0.39, 0.29) is 5.78 Å². The van der Waals surface area contributed by atoms with E-state index >= 15 is 0 Å². The van der Waals surface area contributed by atoms with E-state index in [1.165, 1.54) is 11.0 Å². The van der Waals surface area contributed by atoms with Gasteiger partial charge in [0.2, 0.25) is 5.78 Å². The molecular formula is C22H24N4O3. The van der Waals surface area contributed by atoms with Gasteiger partial charge in [0.1, 0.15) is 5.60 Å². The smallest absolute Gasteiger partial charge is 0.414 e. The Kier molecular flexibility index (Phi) is 5.50. The molecule has 150 valence electrons. The van der Waals surface area contributed by atoms with Crippen LogP contribution in [0.15, 0.2) is 48.7 Å². The zero-order valence-electron chi connectivity index (χ0n) is 17.2. The van der Waals surface area contributed by atoms with Crippen molar-refractivity contribution < 1.29 is 14.3 Å². The first-order valence-electron chi connectivity index (χ1n) is 9.22. The molecule has 0 atom stereocenters. The van der Waals surface area contributed by atoms with Crippen LogP contribution in [0.5, 0.6) is 0 Å². The number of amides is 1. The molecule has 3 aromatic rings. The summed E-state index contributed by atoms with van der Waals surface area (Å²) in [7, 11) is 3.44. The second-order valence-corrected chi connectivity index (χ2v) is 7.66. The van der Waals surface area contributed by atoms with Crippen molar-refractivity contribution in [1.82, 2.24) is 14.5 Å². The number of rotatable bonds is 4. The van der Waals surface area contributed by atoms with Crippen LogP contribution in [-0.4, -0.2) is 39.1 Å². The van der Waals surface area contributed by atoms with Gasteiger partial charge in [-0.3, -0.25) is 14.7 Å². The molecule has 0 N–H and O–H groups in total. The van der Waals surface area contributed by atoms with Gasteiger partial charge in [-0.05, 0) is 57.2 Å². The Balaban J connectivity index is 1.78. The minimum absolute atomic E-state index is 0.226. The first kappa shape index (κ1) is 20.3. The summed E-state index contributed by atoms with van der Waals surface area (Å²) in [5, 5.41) is 0. The minimum Gasteiger partial charge on any atom is -0.443 e. The van der Waals surface area contributed by atoms with Crippen molar-refractivity contribution in [2.75, 3.05) is 11.9 Å². The van der Waals surface area contributed by atoms with Crippen molar-refractivity contribution in [3.63, 3.8) is 0 Å². The van der Waals surface area contributed by atoms with E-state index in [0.717, 1.165) is 11.0 Å². The van der Waals surface area contributed by atoms with Gasteiger partial charge >= 0.3 is 6.09 Å². The van der Waals surface area contributed by atoms with Gasteiger partial charge in [0.15, 0.2) is 5.82 Å². The van der Waals surface area contributed by atoms with Crippen LogP contribution in [0.1, 0.15) is 37.1 Å². The molecule has 0 aliphatic rings. The lowest BCUT2D eigenvalue weighted by molar-refractivity contribution is 0.0589. The highest BCUT2D eigenvalue weighted by Crippen LogP contribution is 2.18. The normalized spacial score (nSPS) is 11.8. The van der Waals surface area contributed by atoms with Crippen LogP contribution in [0.4, 0.5) is 10.5 Å². The number of hydrogen-bond donors (Lipinski definition) is 0. The fourth-order valence-electron chi connectivity index (χ4n) is 2.77. The molecule has 3 rings (SSSR count). The summed E-state index contributed by atoms with van der Waals surface area (Å²) in [6.45, 7) is 5.43. The number of pyridine rings is 1. The molecule has 2 aromatic heterocycles. The molecule has 0 aliphatic heterocycles. The fraction of sp³-hybridized carbons (Fsp3) is 0.273. The van der Waals surface area contributed by atoms with Crippen LogP contribution in [-0.2, 0) is 11.8 Å². The predicted octanol–water partition coefficient (Wildman–Crippen LogP) is 4.24. The fourth-order valence-corrected chi connectivity index (χ4v) is 2.77. The molecule has 1 aromatic carbocycles. The highest BCUT2D eigenvalue weighted by Gasteiger charge is 2.20. The van der Waals surface area contributed by atoms with E-state index < -0.39 is 11.7 Å². The first-order valence-corrected chi connectivity index (χ1v) is 9.22. The zero-order chi connectivity index (χ0) is 21.2. The summed E-state index contributed by atoms with van der Waals surface area (Å²) in [5.41, 5.74) is 2.24. The first-order chi connectivity index (χ1) is 13.7. The molecule has 0 radical (unpaired) electrons. The lowest BCUT2D eigenvalue weighted by Gasteiger charge is -2.24. The molecule has 0 unspecified atom stereocenters. The number of ether oxygens (including phenoxy) is 1. The number of imidazole rings is 1. The summed E-state index contributed by atoms with van der Waals surface area (Å²) in [6.07, 6.45) is 4.15. The van der Waals surface area contributed by atoms with Gasteiger partial charge in [-0.1, -0.05) is 12.1 Å². The topological polar surface area (TPSA) is 77.3 Å². The molecule has 0 bridgehead atoms. The van der Waals surface area contributed by atoms with E-state index in [1.807, 2.05) is 52.1 Å². The van der Waals surface area contributed by atoms with Gasteiger partial charge in [0, 0.05) is 20.3 Å². The van der Waals surface area contributed by atoms with Crippen molar-refractivity contribution >= 4 is 34.7 Å². The van der Waals surface area contributed by atoms with E-state index in [0.29, 0.717) is 17.2 Å². The number of aryl methyl sites for hydroxylation is 1.